The van der Waals surface area contributed by atoms with Crippen LogP contribution in [0.4, 0.5) is 0 Å². The van der Waals surface area contributed by atoms with Gasteiger partial charge in [-0.3, -0.25) is 4.79 Å². The molecule has 4 heteroatoms. The van der Waals surface area contributed by atoms with Crippen molar-refractivity contribution < 1.29 is 14.3 Å². The van der Waals surface area contributed by atoms with Crippen molar-refractivity contribution in [3.8, 4) is 5.75 Å². The van der Waals surface area contributed by atoms with Crippen molar-refractivity contribution in [1.82, 2.24) is 0 Å². The maximum Gasteiger partial charge on any atom is 0.196 e. The van der Waals surface area contributed by atoms with Gasteiger partial charge < -0.3 is 9.47 Å². The van der Waals surface area contributed by atoms with Crippen LogP contribution in [0.25, 0.3) is 0 Å². The summed E-state index contributed by atoms with van der Waals surface area (Å²) in [5, 5.41) is 0. The fourth-order valence-electron chi connectivity index (χ4n) is 1.36. The van der Waals surface area contributed by atoms with Gasteiger partial charge in [-0.25, -0.2) is 0 Å². The van der Waals surface area contributed by atoms with Crippen LogP contribution < -0.4 is 4.74 Å². The molecule has 0 radical (unpaired) electrons. The van der Waals surface area contributed by atoms with Gasteiger partial charge in [-0.2, -0.15) is 0 Å². The van der Waals surface area contributed by atoms with E-state index in [-0.39, 0.29) is 5.78 Å². The molecule has 0 aromatic heterocycles. The number of carbonyl (C=O) groups is 1. The molecule has 1 aromatic rings. The van der Waals surface area contributed by atoms with Crippen LogP contribution in [-0.4, -0.2) is 19.2 Å². The van der Waals surface area contributed by atoms with Gasteiger partial charge in [0.1, 0.15) is 5.75 Å². The van der Waals surface area contributed by atoms with Gasteiger partial charge in [0, 0.05) is 11.6 Å². The molecule has 1 atom stereocenters. The molecule has 1 rings (SSSR count). The van der Waals surface area contributed by atoms with E-state index in [1.54, 1.807) is 26.2 Å². The minimum Gasteiger partial charge on any atom is -0.464 e. The summed E-state index contributed by atoms with van der Waals surface area (Å²) in [5.74, 6) is 0.407. The van der Waals surface area contributed by atoms with Crippen LogP contribution in [0.1, 0.15) is 30.6 Å². The van der Waals surface area contributed by atoms with E-state index in [4.69, 9.17) is 9.47 Å². The first kappa shape index (κ1) is 14.9. The highest BCUT2D eigenvalue weighted by Crippen LogP contribution is 2.27. The second kappa shape index (κ2) is 6.71. The molecule has 0 saturated heterocycles. The Morgan fingerprint density at radius 1 is 1.50 bits per heavy atom. The summed E-state index contributed by atoms with van der Waals surface area (Å²) in [5.41, 5.74) is 1.06. The quantitative estimate of drug-likeness (QED) is 0.453. The number of halogens is 1. The summed E-state index contributed by atoms with van der Waals surface area (Å²) >= 11 is 3.35. The third kappa shape index (κ3) is 3.68. The molecule has 0 saturated carbocycles. The number of carbonyl (C=O) groups excluding carboxylic acids is 1. The number of Topliss-reactive ketones (excluding diaryl/α,β-unsaturated/α-hetero) is 1. The Labute approximate surface area is 116 Å². The molecule has 1 aromatic carbocycles. The fourth-order valence-corrected chi connectivity index (χ4v) is 1.72. The number of ketones is 1. The molecule has 0 bridgehead atoms. The number of benzene rings is 1. The summed E-state index contributed by atoms with van der Waals surface area (Å²) in [4.78, 5) is 12.2. The van der Waals surface area contributed by atoms with Crippen molar-refractivity contribution in [2.24, 2.45) is 0 Å². The predicted octanol–water partition coefficient (Wildman–Crippen LogP) is 3.97. The summed E-state index contributed by atoms with van der Waals surface area (Å²) < 4.78 is 11.4. The van der Waals surface area contributed by atoms with Gasteiger partial charge in [-0.1, -0.05) is 29.4 Å². The highest BCUT2D eigenvalue weighted by molar-refractivity contribution is 9.10. The highest BCUT2D eigenvalue weighted by atomic mass is 79.9. The molecule has 0 amide bonds. The zero-order valence-electron chi connectivity index (χ0n) is 10.8. The van der Waals surface area contributed by atoms with Gasteiger partial charge in [0.25, 0.3) is 0 Å². The van der Waals surface area contributed by atoms with Crippen LogP contribution in [0.2, 0.25) is 0 Å². The lowest BCUT2D eigenvalue weighted by Gasteiger charge is -2.16. The van der Waals surface area contributed by atoms with Gasteiger partial charge >= 0.3 is 0 Å². The molecule has 0 fully saturated rings. The monoisotopic (exact) mass is 312 g/mol. The second-order valence-corrected chi connectivity index (χ2v) is 4.76. The Kier molecular flexibility index (Phi) is 5.56. The first-order valence-corrected chi connectivity index (χ1v) is 6.50. The Hall–Kier alpha value is -1.13. The van der Waals surface area contributed by atoms with Crippen LogP contribution >= 0.6 is 15.9 Å². The first-order chi connectivity index (χ1) is 8.49. The topological polar surface area (TPSA) is 35.5 Å². The minimum atomic E-state index is -0.410. The molecule has 0 aliphatic rings. The molecule has 0 N–H and O–H groups in total. The van der Waals surface area contributed by atoms with E-state index < -0.39 is 6.29 Å². The normalized spacial score (nSPS) is 12.0. The first-order valence-electron chi connectivity index (χ1n) is 5.71. The number of hydrogen-bond donors (Lipinski definition) is 0. The molecule has 0 aliphatic heterocycles. The second-order valence-electron chi connectivity index (χ2n) is 3.85. The van der Waals surface area contributed by atoms with Gasteiger partial charge in [-0.15, -0.1) is 0 Å². The Morgan fingerprint density at radius 3 is 2.72 bits per heavy atom. The largest absolute Gasteiger partial charge is 0.464 e. The van der Waals surface area contributed by atoms with Gasteiger partial charge in [0.15, 0.2) is 12.1 Å². The summed E-state index contributed by atoms with van der Waals surface area (Å²) in [6, 6.07) is 5.31. The average Bonchev–Trinajstić information content (AvgIpc) is 2.38. The molecule has 0 aliphatic carbocycles. The number of allylic oxidation sites excluding steroid dienone is 1. The van der Waals surface area contributed by atoms with E-state index in [2.05, 4.69) is 22.5 Å². The SMILES string of the molecule is C=C(CC)C(=O)c1cc(Br)ccc1OC(C)OC. The number of hydrogen-bond acceptors (Lipinski definition) is 3. The van der Waals surface area contributed by atoms with Crippen molar-refractivity contribution in [2.75, 3.05) is 7.11 Å². The fraction of sp³-hybridized carbons (Fsp3) is 0.357. The Morgan fingerprint density at radius 2 is 2.17 bits per heavy atom. The third-order valence-corrected chi connectivity index (χ3v) is 3.05. The molecule has 0 heterocycles. The highest BCUT2D eigenvalue weighted by Gasteiger charge is 2.16. The van der Waals surface area contributed by atoms with Gasteiger partial charge in [0.05, 0.1) is 5.56 Å². The lowest BCUT2D eigenvalue weighted by molar-refractivity contribution is -0.0385. The zero-order valence-corrected chi connectivity index (χ0v) is 12.4. The van der Waals surface area contributed by atoms with E-state index in [0.717, 1.165) is 4.47 Å². The molecule has 98 valence electrons. The molecule has 3 nitrogen and oxygen atoms in total. The Balaban J connectivity index is 3.11. The van der Waals surface area contributed by atoms with Crippen molar-refractivity contribution in [3.05, 3.63) is 40.4 Å². The van der Waals surface area contributed by atoms with Crippen LogP contribution in [0.15, 0.2) is 34.8 Å². The van der Waals surface area contributed by atoms with Crippen LogP contribution in [0.3, 0.4) is 0 Å². The molecule has 0 spiro atoms. The summed E-state index contributed by atoms with van der Waals surface area (Å²) in [7, 11) is 1.55. The number of methoxy groups -OCH3 is 1. The summed E-state index contributed by atoms with van der Waals surface area (Å²) in [6.45, 7) is 7.44. The molecular formula is C14H17BrO3. The van der Waals surface area contributed by atoms with Crippen molar-refractivity contribution in [3.63, 3.8) is 0 Å². The maximum absolute atomic E-state index is 12.2. The molecular weight excluding hydrogens is 296 g/mol. The van der Waals surface area contributed by atoms with Crippen molar-refractivity contribution >= 4 is 21.7 Å². The zero-order chi connectivity index (χ0) is 13.7. The average molecular weight is 313 g/mol. The lowest BCUT2D eigenvalue weighted by Crippen LogP contribution is -2.16. The van der Waals surface area contributed by atoms with E-state index in [0.29, 0.717) is 23.3 Å². The van der Waals surface area contributed by atoms with Crippen molar-refractivity contribution in [1.29, 1.82) is 0 Å². The van der Waals surface area contributed by atoms with E-state index >= 15 is 0 Å². The Bertz CT molecular complexity index is 454. The van der Waals surface area contributed by atoms with Crippen LogP contribution in [0.5, 0.6) is 5.75 Å². The number of rotatable bonds is 6. The van der Waals surface area contributed by atoms with E-state index in [1.165, 1.54) is 0 Å². The maximum atomic E-state index is 12.2. The smallest absolute Gasteiger partial charge is 0.196 e. The molecule has 1 unspecified atom stereocenters. The van der Waals surface area contributed by atoms with E-state index in [9.17, 15) is 4.79 Å². The van der Waals surface area contributed by atoms with Crippen LogP contribution in [-0.2, 0) is 4.74 Å². The minimum absolute atomic E-state index is 0.0999. The van der Waals surface area contributed by atoms with Crippen molar-refractivity contribution in [2.45, 2.75) is 26.6 Å². The summed E-state index contributed by atoms with van der Waals surface area (Å²) in [6.07, 6.45) is 0.206. The third-order valence-electron chi connectivity index (χ3n) is 2.56. The molecule has 18 heavy (non-hydrogen) atoms. The van der Waals surface area contributed by atoms with E-state index in [1.807, 2.05) is 13.0 Å². The standard InChI is InChI=1S/C14H17BrO3/c1-5-9(2)14(16)12-8-11(15)6-7-13(12)18-10(3)17-4/h6-8,10H,2,5H2,1,3-4H3. The lowest BCUT2D eigenvalue weighted by atomic mass is 10.0. The van der Waals surface area contributed by atoms with Gasteiger partial charge in [0.2, 0.25) is 0 Å². The number of ether oxygens (including phenoxy) is 2. The van der Waals surface area contributed by atoms with Gasteiger partial charge in [-0.05, 0) is 37.1 Å². The van der Waals surface area contributed by atoms with Crippen LogP contribution in [0, 0.1) is 0 Å². The predicted molar refractivity (Wildman–Crippen MR) is 75.0 cm³/mol.